The maximum Gasteiger partial charge on any atom is 0.415 e. The number of primary amides is 1. The highest BCUT2D eigenvalue weighted by Crippen LogP contribution is 2.41. The lowest BCUT2D eigenvalue weighted by molar-refractivity contribution is -0.128. The van der Waals surface area contributed by atoms with Crippen molar-refractivity contribution in [3.8, 4) is 5.75 Å². The Labute approximate surface area is 416 Å². The van der Waals surface area contributed by atoms with Crippen molar-refractivity contribution in [2.45, 2.75) is 45.1 Å². The minimum atomic E-state index is -0.745. The summed E-state index contributed by atoms with van der Waals surface area (Å²) in [7, 11) is 3.68. The van der Waals surface area contributed by atoms with E-state index in [0.717, 1.165) is 29.4 Å². The fraction of sp³-hybridized carbons (Fsp3) is 0.373. The van der Waals surface area contributed by atoms with Crippen LogP contribution in [0.4, 0.5) is 26.7 Å². The molecule has 0 radical (unpaired) electrons. The van der Waals surface area contributed by atoms with E-state index in [0.29, 0.717) is 96.8 Å². The molecule has 21 heteroatoms. The Morgan fingerprint density at radius 1 is 0.778 bits per heavy atom. The van der Waals surface area contributed by atoms with Gasteiger partial charge in [-0.1, -0.05) is 24.3 Å². The van der Waals surface area contributed by atoms with Crippen molar-refractivity contribution in [3.05, 3.63) is 95.7 Å². The SMILES string of the molecule is CC(=O)N(C)CCCC(=O)NCCN[C@@H](CCCNC(N)=O)C(=O)NCC(=O)Nc1ccc(C(=O)Nc2ccc3[nH]c(C(=O)N4CCc5c4cc(OC(=O)N4CCN(C)CC4)c4ccccc54)cc3c2)cc1. The summed E-state index contributed by atoms with van der Waals surface area (Å²) in [6.45, 7) is 5.39. The number of anilines is 3. The van der Waals surface area contributed by atoms with Gasteiger partial charge < -0.3 is 67.0 Å². The van der Waals surface area contributed by atoms with Crippen LogP contribution in [0.5, 0.6) is 5.75 Å². The molecule has 0 bridgehead atoms. The summed E-state index contributed by atoms with van der Waals surface area (Å²) in [6, 6.07) is 21.3. The molecule has 72 heavy (non-hydrogen) atoms. The summed E-state index contributed by atoms with van der Waals surface area (Å²) in [5, 5.41) is 19.0. The second-order valence-electron chi connectivity index (χ2n) is 17.9. The molecule has 0 aliphatic carbocycles. The summed E-state index contributed by atoms with van der Waals surface area (Å²) >= 11 is 0. The van der Waals surface area contributed by atoms with Gasteiger partial charge in [0.05, 0.1) is 18.3 Å². The fourth-order valence-electron chi connectivity index (χ4n) is 8.57. The van der Waals surface area contributed by atoms with Crippen molar-refractivity contribution < 1.29 is 43.1 Å². The molecule has 0 spiro atoms. The van der Waals surface area contributed by atoms with Gasteiger partial charge in [-0.15, -0.1) is 0 Å². The Hall–Kier alpha value is -8.04. The van der Waals surface area contributed by atoms with E-state index in [9.17, 15) is 38.4 Å². The van der Waals surface area contributed by atoms with Gasteiger partial charge in [0.1, 0.15) is 11.4 Å². The van der Waals surface area contributed by atoms with Crippen LogP contribution in [0, 0.1) is 0 Å². The number of H-pyrrole nitrogens is 1. The molecular weight excluding hydrogens is 925 g/mol. The number of benzene rings is 4. The molecule has 2 aliphatic heterocycles. The second-order valence-corrected chi connectivity index (χ2v) is 17.9. The zero-order chi connectivity index (χ0) is 51.3. The summed E-state index contributed by atoms with van der Waals surface area (Å²) in [5.74, 6) is -1.50. The largest absolute Gasteiger partial charge is 0.415 e. The minimum absolute atomic E-state index is 0.0826. The van der Waals surface area contributed by atoms with Gasteiger partial charge in [-0.3, -0.25) is 28.8 Å². The first kappa shape index (κ1) is 51.8. The molecule has 21 nitrogen and oxygen atoms in total. The molecule has 380 valence electrons. The average Bonchev–Trinajstić information content (AvgIpc) is 4.00. The van der Waals surface area contributed by atoms with Gasteiger partial charge in [0.2, 0.25) is 23.6 Å². The number of ether oxygens (including phenoxy) is 1. The van der Waals surface area contributed by atoms with Crippen molar-refractivity contribution >= 4 is 86.3 Å². The number of likely N-dealkylation sites (N-methyl/N-ethyl adjacent to an activating group) is 1. The number of carbonyl (C=O) groups excluding carboxylic acids is 8. The molecule has 1 atom stereocenters. The zero-order valence-electron chi connectivity index (χ0n) is 40.7. The molecule has 1 saturated heterocycles. The topological polar surface area (TPSA) is 273 Å². The minimum Gasteiger partial charge on any atom is -0.409 e. The average molecular weight is 987 g/mol. The lowest BCUT2D eigenvalue weighted by Crippen LogP contribution is -2.48. The fourth-order valence-corrected chi connectivity index (χ4v) is 8.57. The number of fused-ring (bicyclic) bond motifs is 4. The molecule has 7 rings (SSSR count). The van der Waals surface area contributed by atoms with E-state index >= 15 is 0 Å². The monoisotopic (exact) mass is 986 g/mol. The van der Waals surface area contributed by atoms with Crippen LogP contribution in [0.25, 0.3) is 21.7 Å². The van der Waals surface area contributed by atoms with Crippen molar-refractivity contribution in [2.75, 3.05) is 95.1 Å². The molecule has 1 fully saturated rings. The van der Waals surface area contributed by atoms with Gasteiger partial charge in [-0.25, -0.2) is 9.59 Å². The lowest BCUT2D eigenvalue weighted by atomic mass is 10.0. The molecule has 5 aromatic rings. The Kier molecular flexibility index (Phi) is 17.4. The van der Waals surface area contributed by atoms with Crippen LogP contribution in [0.15, 0.2) is 78.9 Å². The lowest BCUT2D eigenvalue weighted by Gasteiger charge is -2.31. The van der Waals surface area contributed by atoms with Crippen molar-refractivity contribution in [1.29, 1.82) is 0 Å². The van der Waals surface area contributed by atoms with Gasteiger partial charge in [0.25, 0.3) is 11.8 Å². The third kappa shape index (κ3) is 13.6. The number of aromatic amines is 1. The number of hydrogen-bond acceptors (Lipinski definition) is 11. The molecule has 9 amide bonds. The number of nitrogens with two attached hydrogens (primary N) is 1. The predicted octanol–water partition coefficient (Wildman–Crippen LogP) is 3.36. The van der Waals surface area contributed by atoms with Crippen LogP contribution < -0.4 is 47.3 Å². The van der Waals surface area contributed by atoms with Gasteiger partial charge in [0.15, 0.2) is 0 Å². The molecule has 9 N–H and O–H groups in total. The molecule has 3 heterocycles. The first-order valence-electron chi connectivity index (χ1n) is 24.0. The number of piperazine rings is 1. The molecule has 0 saturated carbocycles. The summed E-state index contributed by atoms with van der Waals surface area (Å²) in [4.78, 5) is 112. The second kappa shape index (κ2) is 24.2. The molecule has 2 aliphatic rings. The van der Waals surface area contributed by atoms with Crippen LogP contribution in [0.1, 0.15) is 59.0 Å². The van der Waals surface area contributed by atoms with E-state index in [1.807, 2.05) is 31.3 Å². The van der Waals surface area contributed by atoms with Crippen LogP contribution >= 0.6 is 0 Å². The maximum atomic E-state index is 14.2. The Morgan fingerprint density at radius 2 is 1.51 bits per heavy atom. The van der Waals surface area contributed by atoms with E-state index in [4.69, 9.17) is 10.5 Å². The Bertz CT molecular complexity index is 2820. The number of urea groups is 1. The van der Waals surface area contributed by atoms with Gasteiger partial charge in [-0.2, -0.15) is 0 Å². The number of nitrogens with one attached hydrogen (secondary N) is 7. The highest BCUT2D eigenvalue weighted by atomic mass is 16.6. The van der Waals surface area contributed by atoms with E-state index in [1.165, 1.54) is 11.8 Å². The first-order chi connectivity index (χ1) is 34.6. The third-order valence-electron chi connectivity index (χ3n) is 12.7. The summed E-state index contributed by atoms with van der Waals surface area (Å²) < 4.78 is 6.01. The van der Waals surface area contributed by atoms with Crippen molar-refractivity contribution in [1.82, 2.24) is 41.0 Å². The van der Waals surface area contributed by atoms with Crippen LogP contribution in [0.3, 0.4) is 0 Å². The quantitative estimate of drug-likeness (QED) is 0.0524. The number of carbonyl (C=O) groups is 8. The third-order valence-corrected chi connectivity index (χ3v) is 12.7. The zero-order valence-corrected chi connectivity index (χ0v) is 40.7. The van der Waals surface area contributed by atoms with E-state index in [-0.39, 0.29) is 50.3 Å². The van der Waals surface area contributed by atoms with Crippen molar-refractivity contribution in [3.63, 3.8) is 0 Å². The van der Waals surface area contributed by atoms with Gasteiger partial charge >= 0.3 is 12.1 Å². The standard InChI is InChI=1S/C51H62N12O9/c1-32(64)61(3)22-7-11-45(65)54-21-20-53-41(10-6-19-55-50(52)70)48(68)56-31-46(66)57-35-14-12-33(13-15-35)47(67)58-36-16-17-40-34(28-36)29-42(59-40)49(69)63-23-18-38-37-8-4-5-9-39(37)44(30-43(38)63)72-51(71)62-26-24-60(2)25-27-62/h4-5,8-9,12-17,28-30,41,53,59H,6-7,10-11,18-27,31H2,1-3H3,(H,54,65)(H,56,68)(H,57,66)(H,58,67)(H3,52,55,70)/t41-/m0/s1. The van der Waals surface area contributed by atoms with Gasteiger partial charge in [0, 0.05) is 119 Å². The molecule has 1 aromatic heterocycles. The van der Waals surface area contributed by atoms with E-state index < -0.39 is 35.9 Å². The number of nitrogens with zero attached hydrogens (tertiary/aromatic N) is 4. The Balaban J connectivity index is 0.901. The highest BCUT2D eigenvalue weighted by molar-refractivity contribution is 6.12. The summed E-state index contributed by atoms with van der Waals surface area (Å²) in [5.41, 5.74) is 9.10. The number of aromatic nitrogens is 1. The normalized spacial score (nSPS) is 13.8. The highest BCUT2D eigenvalue weighted by Gasteiger charge is 2.31. The Morgan fingerprint density at radius 3 is 2.25 bits per heavy atom. The van der Waals surface area contributed by atoms with Crippen LogP contribution in [-0.2, 0) is 25.6 Å². The van der Waals surface area contributed by atoms with E-state index in [1.54, 1.807) is 71.4 Å². The van der Waals surface area contributed by atoms with Crippen LogP contribution in [-0.4, -0.2) is 153 Å². The predicted molar refractivity (Wildman–Crippen MR) is 273 cm³/mol. The molecule has 0 unspecified atom stereocenters. The maximum absolute atomic E-state index is 14.2. The summed E-state index contributed by atoms with van der Waals surface area (Å²) in [6.07, 6.45) is 1.67. The number of hydrogen-bond donors (Lipinski definition) is 8. The van der Waals surface area contributed by atoms with E-state index in [2.05, 4.69) is 41.8 Å². The molecular formula is C51H62N12O9. The van der Waals surface area contributed by atoms with Crippen molar-refractivity contribution in [2.24, 2.45) is 5.73 Å². The van der Waals surface area contributed by atoms with Crippen LogP contribution in [0.2, 0.25) is 0 Å². The number of rotatable bonds is 20. The first-order valence-corrected chi connectivity index (χ1v) is 24.0. The smallest absolute Gasteiger partial charge is 0.409 e. The number of amides is 9. The van der Waals surface area contributed by atoms with Gasteiger partial charge in [-0.05, 0) is 92.2 Å². The molecule has 4 aromatic carbocycles.